The van der Waals surface area contributed by atoms with Crippen LogP contribution in [-0.2, 0) is 0 Å². The van der Waals surface area contributed by atoms with Crippen molar-refractivity contribution in [3.05, 3.63) is 126 Å². The van der Waals surface area contributed by atoms with E-state index in [1.807, 2.05) is 31.3 Å². The first-order chi connectivity index (χ1) is 17.6. The third-order valence-electron chi connectivity index (χ3n) is 6.40. The summed E-state index contributed by atoms with van der Waals surface area (Å²) in [5.74, 6) is 0.868. The number of hydrogen-bond donors (Lipinski definition) is 0. The van der Waals surface area contributed by atoms with Crippen LogP contribution in [0.3, 0.4) is 0 Å². The summed E-state index contributed by atoms with van der Waals surface area (Å²) in [7, 11) is 0. The van der Waals surface area contributed by atoms with Gasteiger partial charge in [0.25, 0.3) is 0 Å². The van der Waals surface area contributed by atoms with Gasteiger partial charge in [0.05, 0.1) is 23.7 Å². The topological polar surface area (TPSA) is 26.5 Å². The lowest BCUT2D eigenvalue weighted by atomic mass is 10.1. The van der Waals surface area contributed by atoms with Crippen molar-refractivity contribution in [2.45, 2.75) is 20.8 Å². The van der Waals surface area contributed by atoms with Gasteiger partial charge in [-0.2, -0.15) is 0 Å². The number of ether oxygens (including phenoxy) is 1. The molecule has 4 aromatic carbocycles. The molecule has 3 heteroatoms. The van der Waals surface area contributed by atoms with Crippen molar-refractivity contribution in [2.75, 3.05) is 6.61 Å². The zero-order chi connectivity index (χ0) is 24.9. The SMILES string of the molecule is CCOc1ccc(-n2c(-c3ccccc3)cc(C=Nc3ccc(C)c(C)c3)c2-c2ccccc2)cc1. The van der Waals surface area contributed by atoms with E-state index < -0.39 is 0 Å². The van der Waals surface area contributed by atoms with E-state index in [2.05, 4.69) is 109 Å². The smallest absolute Gasteiger partial charge is 0.119 e. The van der Waals surface area contributed by atoms with Gasteiger partial charge < -0.3 is 9.30 Å². The third kappa shape index (κ3) is 4.87. The summed E-state index contributed by atoms with van der Waals surface area (Å²) in [6.45, 7) is 6.90. The van der Waals surface area contributed by atoms with Crippen LogP contribution >= 0.6 is 0 Å². The molecule has 3 nitrogen and oxygen atoms in total. The number of nitrogens with zero attached hydrogens (tertiary/aromatic N) is 2. The lowest BCUT2D eigenvalue weighted by molar-refractivity contribution is 0.340. The molecule has 178 valence electrons. The molecule has 0 aliphatic heterocycles. The Hall–Kier alpha value is -4.37. The minimum atomic E-state index is 0.645. The third-order valence-corrected chi connectivity index (χ3v) is 6.40. The van der Waals surface area contributed by atoms with Crippen LogP contribution in [0.2, 0.25) is 0 Å². The standard InChI is InChI=1S/C33H30N2O/c1-4-36-31-19-17-30(18-20-31)35-32(26-11-7-5-8-12-26)22-28(33(35)27-13-9-6-10-14-27)23-34-29-16-15-24(2)25(3)21-29/h5-23H,4H2,1-3H3. The molecular weight excluding hydrogens is 440 g/mol. The highest BCUT2D eigenvalue weighted by atomic mass is 16.5. The number of aliphatic imine (C=N–C) groups is 1. The molecular formula is C33H30N2O. The first kappa shape index (κ1) is 23.4. The number of aryl methyl sites for hydroxylation is 2. The van der Waals surface area contributed by atoms with Crippen LogP contribution in [0.5, 0.6) is 5.75 Å². The Kier molecular flexibility index (Phi) is 6.81. The molecule has 1 aromatic heterocycles. The van der Waals surface area contributed by atoms with Crippen LogP contribution in [0.15, 0.2) is 114 Å². The van der Waals surface area contributed by atoms with E-state index in [1.54, 1.807) is 0 Å². The molecule has 0 aliphatic rings. The minimum Gasteiger partial charge on any atom is -0.494 e. The van der Waals surface area contributed by atoms with E-state index in [4.69, 9.17) is 9.73 Å². The molecule has 0 spiro atoms. The molecule has 1 heterocycles. The Morgan fingerprint density at radius 3 is 2.03 bits per heavy atom. The zero-order valence-electron chi connectivity index (χ0n) is 21.0. The van der Waals surface area contributed by atoms with Crippen LogP contribution in [0.4, 0.5) is 5.69 Å². The van der Waals surface area contributed by atoms with Gasteiger partial charge in [0.2, 0.25) is 0 Å². The van der Waals surface area contributed by atoms with E-state index in [9.17, 15) is 0 Å². The van der Waals surface area contributed by atoms with Gasteiger partial charge in [-0.25, -0.2) is 0 Å². The maximum Gasteiger partial charge on any atom is 0.119 e. The van der Waals surface area contributed by atoms with Crippen molar-refractivity contribution in [1.82, 2.24) is 4.57 Å². The normalized spacial score (nSPS) is 11.2. The summed E-state index contributed by atoms with van der Waals surface area (Å²) >= 11 is 0. The molecule has 0 saturated heterocycles. The highest BCUT2D eigenvalue weighted by Crippen LogP contribution is 2.36. The van der Waals surface area contributed by atoms with Gasteiger partial charge in [-0.15, -0.1) is 0 Å². The first-order valence-electron chi connectivity index (χ1n) is 12.3. The molecule has 0 atom stereocenters. The molecule has 0 fully saturated rings. The summed E-state index contributed by atoms with van der Waals surface area (Å²) in [6.07, 6.45) is 1.99. The molecule has 0 unspecified atom stereocenters. The lowest BCUT2D eigenvalue weighted by Gasteiger charge is -2.15. The van der Waals surface area contributed by atoms with Gasteiger partial charge in [-0.05, 0) is 85.5 Å². The van der Waals surface area contributed by atoms with Gasteiger partial charge in [0.15, 0.2) is 0 Å². The highest BCUT2D eigenvalue weighted by Gasteiger charge is 2.18. The van der Waals surface area contributed by atoms with Crippen molar-refractivity contribution in [3.63, 3.8) is 0 Å². The summed E-state index contributed by atoms with van der Waals surface area (Å²) < 4.78 is 8.03. The quantitative estimate of drug-likeness (QED) is 0.219. The molecule has 36 heavy (non-hydrogen) atoms. The Labute approximate surface area is 213 Å². The van der Waals surface area contributed by atoms with Crippen molar-refractivity contribution in [2.24, 2.45) is 4.99 Å². The fraction of sp³-hybridized carbons (Fsp3) is 0.121. The molecule has 0 radical (unpaired) electrons. The van der Waals surface area contributed by atoms with E-state index >= 15 is 0 Å². The molecule has 0 bridgehead atoms. The van der Waals surface area contributed by atoms with Gasteiger partial charge in [0, 0.05) is 17.5 Å². The maximum atomic E-state index is 5.71. The van der Waals surface area contributed by atoms with Gasteiger partial charge in [-0.1, -0.05) is 66.7 Å². The predicted octanol–water partition coefficient (Wildman–Crippen LogP) is 8.58. The van der Waals surface area contributed by atoms with Crippen molar-refractivity contribution < 1.29 is 4.74 Å². The molecule has 5 aromatic rings. The van der Waals surface area contributed by atoms with Crippen molar-refractivity contribution in [1.29, 1.82) is 0 Å². The molecule has 0 amide bonds. The fourth-order valence-electron chi connectivity index (χ4n) is 4.42. The average molecular weight is 471 g/mol. The fourth-order valence-corrected chi connectivity index (χ4v) is 4.42. The van der Waals surface area contributed by atoms with Gasteiger partial charge >= 0.3 is 0 Å². The van der Waals surface area contributed by atoms with Gasteiger partial charge in [0.1, 0.15) is 5.75 Å². The Morgan fingerprint density at radius 1 is 0.722 bits per heavy atom. The van der Waals surface area contributed by atoms with Crippen LogP contribution in [0.1, 0.15) is 23.6 Å². The minimum absolute atomic E-state index is 0.645. The number of rotatable bonds is 7. The first-order valence-corrected chi connectivity index (χ1v) is 12.3. The number of aromatic nitrogens is 1. The van der Waals surface area contributed by atoms with Crippen molar-refractivity contribution >= 4 is 11.9 Å². The molecule has 5 rings (SSSR count). The predicted molar refractivity (Wildman–Crippen MR) is 151 cm³/mol. The van der Waals surface area contributed by atoms with Gasteiger partial charge in [-0.3, -0.25) is 4.99 Å². The van der Waals surface area contributed by atoms with Crippen LogP contribution < -0.4 is 4.74 Å². The highest BCUT2D eigenvalue weighted by molar-refractivity contribution is 5.94. The summed E-state index contributed by atoms with van der Waals surface area (Å²) in [5, 5.41) is 0. The summed E-state index contributed by atoms with van der Waals surface area (Å²) in [6, 6.07) is 37.9. The van der Waals surface area contributed by atoms with Crippen LogP contribution in [0, 0.1) is 13.8 Å². The largest absolute Gasteiger partial charge is 0.494 e. The van der Waals surface area contributed by atoms with Crippen molar-refractivity contribution in [3.8, 4) is 34.0 Å². The van der Waals surface area contributed by atoms with E-state index in [-0.39, 0.29) is 0 Å². The number of hydrogen-bond acceptors (Lipinski definition) is 2. The molecule has 0 saturated carbocycles. The lowest BCUT2D eigenvalue weighted by Crippen LogP contribution is -2.01. The van der Waals surface area contributed by atoms with E-state index in [0.29, 0.717) is 6.61 Å². The second-order valence-corrected chi connectivity index (χ2v) is 8.85. The Bertz CT molecular complexity index is 1480. The monoisotopic (exact) mass is 470 g/mol. The second-order valence-electron chi connectivity index (χ2n) is 8.85. The molecule has 0 aliphatic carbocycles. The summed E-state index contributed by atoms with van der Waals surface area (Å²) in [4.78, 5) is 4.89. The van der Waals surface area contributed by atoms with Crippen LogP contribution in [-0.4, -0.2) is 17.4 Å². The Morgan fingerprint density at radius 2 is 1.39 bits per heavy atom. The number of benzene rings is 4. The van der Waals surface area contributed by atoms with E-state index in [1.165, 1.54) is 11.1 Å². The van der Waals surface area contributed by atoms with E-state index in [0.717, 1.165) is 45.2 Å². The maximum absolute atomic E-state index is 5.71. The average Bonchev–Trinajstić information content (AvgIpc) is 3.30. The second kappa shape index (κ2) is 10.5. The summed E-state index contributed by atoms with van der Waals surface area (Å²) in [5.41, 5.74) is 10.1. The van der Waals surface area contributed by atoms with Crippen LogP contribution in [0.25, 0.3) is 28.2 Å². The Balaban J connectivity index is 1.73. The molecule has 0 N–H and O–H groups in total. The zero-order valence-corrected chi connectivity index (χ0v) is 21.0.